The van der Waals surface area contributed by atoms with Crippen LogP contribution in [0.15, 0.2) is 48.5 Å². The molecule has 0 amide bonds. The largest absolute Gasteiger partial charge is 0.461 e. The van der Waals surface area contributed by atoms with Gasteiger partial charge in [-0.1, -0.05) is 114 Å². The Bertz CT molecular complexity index is 943. The zero-order chi connectivity index (χ0) is 30.4. The summed E-state index contributed by atoms with van der Waals surface area (Å²) in [5.41, 5.74) is 3.86. The fourth-order valence-corrected chi connectivity index (χ4v) is 5.04. The van der Waals surface area contributed by atoms with Crippen LogP contribution in [0.3, 0.4) is 0 Å². The van der Waals surface area contributed by atoms with Gasteiger partial charge in [0.2, 0.25) is 0 Å². The standard InChI is InChI=1S/C36H56N2O4/c1-5-7-9-11-17-25-37(3)27-23-35(39)41-29-31-19-13-15-21-33(31)34-22-16-14-20-32(34)30-42-36(40)24-28-38(4)26-18-12-10-8-6-2/h13-16,19-22H,5-12,17-18,23-30H2,1-4H3. The van der Waals surface area contributed by atoms with Crippen LogP contribution in [0.25, 0.3) is 11.1 Å². The van der Waals surface area contributed by atoms with Crippen LogP contribution in [-0.2, 0) is 32.3 Å². The van der Waals surface area contributed by atoms with Gasteiger partial charge in [0.1, 0.15) is 13.2 Å². The molecule has 234 valence electrons. The highest BCUT2D eigenvalue weighted by Gasteiger charge is 2.14. The van der Waals surface area contributed by atoms with Gasteiger partial charge in [0.25, 0.3) is 0 Å². The summed E-state index contributed by atoms with van der Waals surface area (Å²) in [4.78, 5) is 29.5. The number of esters is 2. The number of hydrogen-bond donors (Lipinski definition) is 0. The van der Waals surface area contributed by atoms with E-state index in [1.807, 2.05) is 48.5 Å². The maximum absolute atomic E-state index is 12.5. The van der Waals surface area contributed by atoms with Gasteiger partial charge >= 0.3 is 11.9 Å². The summed E-state index contributed by atoms with van der Waals surface area (Å²) < 4.78 is 11.4. The van der Waals surface area contributed by atoms with Crippen LogP contribution in [0.5, 0.6) is 0 Å². The number of nitrogens with zero attached hydrogens (tertiary/aromatic N) is 2. The lowest BCUT2D eigenvalue weighted by molar-refractivity contribution is -0.146. The summed E-state index contributed by atoms with van der Waals surface area (Å²) in [6, 6.07) is 15.9. The first-order chi connectivity index (χ1) is 20.4. The van der Waals surface area contributed by atoms with Crippen molar-refractivity contribution in [3.05, 3.63) is 59.7 Å². The number of ether oxygens (including phenoxy) is 2. The van der Waals surface area contributed by atoms with E-state index < -0.39 is 0 Å². The number of benzene rings is 2. The molecule has 0 heterocycles. The maximum atomic E-state index is 12.5. The van der Waals surface area contributed by atoms with E-state index >= 15 is 0 Å². The summed E-state index contributed by atoms with van der Waals surface area (Å²) in [7, 11) is 4.14. The zero-order valence-electron chi connectivity index (χ0n) is 26.9. The van der Waals surface area contributed by atoms with Crippen LogP contribution in [0.4, 0.5) is 0 Å². The summed E-state index contributed by atoms with van der Waals surface area (Å²) in [5.74, 6) is -0.369. The van der Waals surface area contributed by atoms with Crippen LogP contribution in [0, 0.1) is 0 Å². The Morgan fingerprint density at radius 1 is 0.548 bits per heavy atom. The van der Waals surface area contributed by atoms with Gasteiger partial charge < -0.3 is 19.3 Å². The molecule has 6 heteroatoms. The van der Waals surface area contributed by atoms with Gasteiger partial charge in [0.15, 0.2) is 0 Å². The number of rotatable bonds is 23. The smallest absolute Gasteiger partial charge is 0.307 e. The van der Waals surface area contributed by atoms with E-state index in [0.29, 0.717) is 25.9 Å². The van der Waals surface area contributed by atoms with Crippen molar-refractivity contribution >= 4 is 11.9 Å². The second kappa shape index (κ2) is 21.9. The molecule has 0 N–H and O–H groups in total. The minimum Gasteiger partial charge on any atom is -0.461 e. The summed E-state index contributed by atoms with van der Waals surface area (Å²) in [6.07, 6.45) is 13.3. The van der Waals surface area contributed by atoms with Gasteiger partial charge in [0.05, 0.1) is 12.8 Å². The van der Waals surface area contributed by atoms with Crippen molar-refractivity contribution in [1.29, 1.82) is 0 Å². The fraction of sp³-hybridized carbons (Fsp3) is 0.611. The highest BCUT2D eigenvalue weighted by Crippen LogP contribution is 2.28. The zero-order valence-corrected chi connectivity index (χ0v) is 26.9. The van der Waals surface area contributed by atoms with Crippen molar-refractivity contribution in [3.63, 3.8) is 0 Å². The van der Waals surface area contributed by atoms with Crippen LogP contribution in [0.1, 0.15) is 102 Å². The first-order valence-corrected chi connectivity index (χ1v) is 16.3. The molecule has 0 unspecified atom stereocenters. The van der Waals surface area contributed by atoms with E-state index in [2.05, 4.69) is 37.7 Å². The molecule has 42 heavy (non-hydrogen) atoms. The van der Waals surface area contributed by atoms with E-state index in [-0.39, 0.29) is 25.2 Å². The van der Waals surface area contributed by atoms with Gasteiger partial charge in [-0.05, 0) is 62.3 Å². The van der Waals surface area contributed by atoms with Gasteiger partial charge in [-0.2, -0.15) is 0 Å². The van der Waals surface area contributed by atoms with Crippen LogP contribution in [-0.4, -0.2) is 62.0 Å². The van der Waals surface area contributed by atoms with Gasteiger partial charge in [-0.15, -0.1) is 0 Å². The van der Waals surface area contributed by atoms with Gasteiger partial charge in [-0.3, -0.25) is 9.59 Å². The molecule has 0 atom stereocenters. The monoisotopic (exact) mass is 580 g/mol. The Morgan fingerprint density at radius 2 is 0.929 bits per heavy atom. The molecular weight excluding hydrogens is 524 g/mol. The summed E-state index contributed by atoms with van der Waals surface area (Å²) >= 11 is 0. The Morgan fingerprint density at radius 3 is 1.33 bits per heavy atom. The molecule has 2 aromatic carbocycles. The van der Waals surface area contributed by atoms with Crippen molar-refractivity contribution < 1.29 is 19.1 Å². The van der Waals surface area contributed by atoms with Gasteiger partial charge in [0, 0.05) is 13.1 Å². The van der Waals surface area contributed by atoms with Crippen LogP contribution in [0.2, 0.25) is 0 Å². The first-order valence-electron chi connectivity index (χ1n) is 16.3. The minimum absolute atomic E-state index is 0.184. The summed E-state index contributed by atoms with van der Waals surface area (Å²) in [5, 5.41) is 0. The summed E-state index contributed by atoms with van der Waals surface area (Å²) in [6.45, 7) is 8.32. The molecule has 0 saturated carbocycles. The lowest BCUT2D eigenvalue weighted by Crippen LogP contribution is -2.23. The third-order valence-electron chi connectivity index (χ3n) is 7.78. The van der Waals surface area contributed by atoms with E-state index in [0.717, 1.165) is 35.3 Å². The normalized spacial score (nSPS) is 11.3. The molecule has 0 aliphatic carbocycles. The van der Waals surface area contributed by atoms with E-state index in [4.69, 9.17) is 9.47 Å². The third-order valence-corrected chi connectivity index (χ3v) is 7.78. The van der Waals surface area contributed by atoms with E-state index in [9.17, 15) is 9.59 Å². The molecule has 2 rings (SSSR count). The topological polar surface area (TPSA) is 59.1 Å². The maximum Gasteiger partial charge on any atom is 0.307 e. The number of hydrogen-bond acceptors (Lipinski definition) is 6. The van der Waals surface area contributed by atoms with Crippen molar-refractivity contribution in [2.75, 3.05) is 40.3 Å². The SMILES string of the molecule is CCCCCCCN(C)CCC(=O)OCc1ccccc1-c1ccccc1COC(=O)CCN(C)CCCCCCC. The predicted molar refractivity (Wildman–Crippen MR) is 173 cm³/mol. The molecule has 0 aromatic heterocycles. The molecule has 0 aliphatic heterocycles. The molecule has 0 saturated heterocycles. The predicted octanol–water partition coefficient (Wildman–Crippen LogP) is 8.02. The average Bonchev–Trinajstić information content (AvgIpc) is 3.00. The van der Waals surface area contributed by atoms with E-state index in [1.165, 1.54) is 64.2 Å². The Hall–Kier alpha value is -2.70. The second-order valence-corrected chi connectivity index (χ2v) is 11.6. The van der Waals surface area contributed by atoms with Crippen molar-refractivity contribution in [2.24, 2.45) is 0 Å². The molecule has 0 aliphatic rings. The van der Waals surface area contributed by atoms with Crippen LogP contribution >= 0.6 is 0 Å². The molecule has 0 bridgehead atoms. The average molecular weight is 581 g/mol. The highest BCUT2D eigenvalue weighted by molar-refractivity contribution is 5.73. The molecule has 2 aromatic rings. The number of carbonyl (C=O) groups excluding carboxylic acids is 2. The van der Waals surface area contributed by atoms with E-state index in [1.54, 1.807) is 0 Å². The molecule has 0 fully saturated rings. The number of unbranched alkanes of at least 4 members (excludes halogenated alkanes) is 8. The fourth-order valence-electron chi connectivity index (χ4n) is 5.04. The first kappa shape index (κ1) is 35.5. The molecule has 0 spiro atoms. The Kier molecular flexibility index (Phi) is 18.5. The quantitative estimate of drug-likeness (QED) is 0.0980. The van der Waals surface area contributed by atoms with Crippen LogP contribution < -0.4 is 0 Å². The highest BCUT2D eigenvalue weighted by atomic mass is 16.5. The Balaban J connectivity index is 1.83. The lowest BCUT2D eigenvalue weighted by Gasteiger charge is -2.17. The Labute approximate surface area is 255 Å². The number of carbonyl (C=O) groups is 2. The van der Waals surface area contributed by atoms with Crippen molar-refractivity contribution in [1.82, 2.24) is 9.80 Å². The van der Waals surface area contributed by atoms with Crippen molar-refractivity contribution in [3.8, 4) is 11.1 Å². The van der Waals surface area contributed by atoms with Crippen molar-refractivity contribution in [2.45, 2.75) is 104 Å². The second-order valence-electron chi connectivity index (χ2n) is 11.6. The molecule has 6 nitrogen and oxygen atoms in total. The molecular formula is C36H56N2O4. The third kappa shape index (κ3) is 15.0. The minimum atomic E-state index is -0.184. The van der Waals surface area contributed by atoms with Gasteiger partial charge in [-0.25, -0.2) is 0 Å². The lowest BCUT2D eigenvalue weighted by atomic mass is 9.96. The molecule has 0 radical (unpaired) electrons.